The summed E-state index contributed by atoms with van der Waals surface area (Å²) in [5.74, 6) is 0.605. The van der Waals surface area contributed by atoms with E-state index < -0.39 is 0 Å². The van der Waals surface area contributed by atoms with Gasteiger partial charge in [0, 0.05) is 30.5 Å². The lowest BCUT2D eigenvalue weighted by molar-refractivity contribution is 0.0914. The molecule has 2 atom stereocenters. The molecule has 1 aromatic rings. The zero-order valence-corrected chi connectivity index (χ0v) is 12.4. The second kappa shape index (κ2) is 5.78. The molecule has 0 bridgehead atoms. The van der Waals surface area contributed by atoms with Crippen LogP contribution in [0.4, 0.5) is 0 Å². The Morgan fingerprint density at radius 2 is 2.26 bits per heavy atom. The summed E-state index contributed by atoms with van der Waals surface area (Å²) in [6, 6.07) is 2.24. The van der Waals surface area contributed by atoms with Crippen LogP contribution in [0.15, 0.2) is 6.07 Å². The fraction of sp³-hybridized carbons (Fsp3) is 0.667. The van der Waals surface area contributed by atoms with Gasteiger partial charge in [0.05, 0.1) is 5.56 Å². The summed E-state index contributed by atoms with van der Waals surface area (Å²) in [5.41, 5.74) is 3.03. The molecule has 2 unspecified atom stereocenters. The number of nitrogens with zero attached hydrogens (tertiary/aromatic N) is 1. The number of hydrogen-bond acceptors (Lipinski definition) is 2. The van der Waals surface area contributed by atoms with E-state index in [4.69, 9.17) is 0 Å². The van der Waals surface area contributed by atoms with Crippen molar-refractivity contribution in [3.05, 3.63) is 23.0 Å². The molecule has 1 amide bonds. The lowest BCUT2D eigenvalue weighted by atomic mass is 9.94. The van der Waals surface area contributed by atoms with E-state index in [1.807, 2.05) is 13.0 Å². The maximum atomic E-state index is 12.4. The van der Waals surface area contributed by atoms with Crippen LogP contribution < -0.4 is 10.6 Å². The summed E-state index contributed by atoms with van der Waals surface area (Å²) >= 11 is 0. The van der Waals surface area contributed by atoms with Crippen LogP contribution in [0.1, 0.15) is 42.0 Å². The Hall–Kier alpha value is -1.29. The zero-order chi connectivity index (χ0) is 14.0. The summed E-state index contributed by atoms with van der Waals surface area (Å²) in [4.78, 5) is 12.4. The summed E-state index contributed by atoms with van der Waals surface area (Å²) in [6.07, 6.45) is 1.12. The Morgan fingerprint density at radius 1 is 1.53 bits per heavy atom. The molecule has 1 aliphatic heterocycles. The Morgan fingerprint density at radius 3 is 2.84 bits per heavy atom. The number of carbonyl (C=O) groups excluding carboxylic acids is 1. The highest BCUT2D eigenvalue weighted by Gasteiger charge is 2.24. The number of carbonyl (C=O) groups is 1. The van der Waals surface area contributed by atoms with Gasteiger partial charge >= 0.3 is 0 Å². The molecule has 1 aliphatic rings. The van der Waals surface area contributed by atoms with Crippen molar-refractivity contribution >= 4 is 5.91 Å². The van der Waals surface area contributed by atoms with E-state index in [9.17, 15) is 4.79 Å². The zero-order valence-electron chi connectivity index (χ0n) is 12.4. The summed E-state index contributed by atoms with van der Waals surface area (Å²) < 4.78 is 2.18. The number of piperidine rings is 1. The monoisotopic (exact) mass is 263 g/mol. The lowest BCUT2D eigenvalue weighted by Gasteiger charge is -2.30. The summed E-state index contributed by atoms with van der Waals surface area (Å²) in [7, 11) is 0. The largest absolute Gasteiger partial charge is 0.349 e. The highest BCUT2D eigenvalue weighted by molar-refractivity contribution is 5.95. The predicted molar refractivity (Wildman–Crippen MR) is 77.5 cm³/mol. The molecular weight excluding hydrogens is 238 g/mol. The molecular formula is C15H25N3O. The van der Waals surface area contributed by atoms with Gasteiger partial charge in [0.25, 0.3) is 5.91 Å². The van der Waals surface area contributed by atoms with E-state index >= 15 is 0 Å². The molecule has 4 nitrogen and oxygen atoms in total. The molecule has 1 aromatic heterocycles. The van der Waals surface area contributed by atoms with Gasteiger partial charge in [-0.25, -0.2) is 0 Å². The van der Waals surface area contributed by atoms with E-state index in [1.165, 1.54) is 0 Å². The van der Waals surface area contributed by atoms with E-state index in [2.05, 4.69) is 36.0 Å². The number of aryl methyl sites for hydroxylation is 1. The predicted octanol–water partition coefficient (Wildman–Crippen LogP) is 1.85. The first-order valence-corrected chi connectivity index (χ1v) is 7.22. The topological polar surface area (TPSA) is 46.1 Å². The average molecular weight is 263 g/mol. The van der Waals surface area contributed by atoms with Gasteiger partial charge in [-0.05, 0) is 45.7 Å². The molecule has 106 valence electrons. The minimum absolute atomic E-state index is 0.0633. The van der Waals surface area contributed by atoms with Gasteiger partial charge in [-0.2, -0.15) is 0 Å². The van der Waals surface area contributed by atoms with Crippen LogP contribution in [-0.2, 0) is 6.54 Å². The molecule has 0 saturated carbocycles. The number of hydrogen-bond donors (Lipinski definition) is 2. The third-order valence-electron chi connectivity index (χ3n) is 4.28. The molecule has 2 heterocycles. The van der Waals surface area contributed by atoms with Crippen molar-refractivity contribution in [3.63, 3.8) is 0 Å². The highest BCUT2D eigenvalue weighted by atomic mass is 16.1. The molecule has 1 fully saturated rings. The number of amides is 1. The van der Waals surface area contributed by atoms with E-state index in [0.717, 1.165) is 43.0 Å². The average Bonchev–Trinajstić information content (AvgIpc) is 2.67. The van der Waals surface area contributed by atoms with Crippen LogP contribution in [0.2, 0.25) is 0 Å². The number of nitrogens with one attached hydrogen (secondary N) is 2. The van der Waals surface area contributed by atoms with Crippen molar-refractivity contribution in [1.29, 1.82) is 0 Å². The minimum atomic E-state index is 0.0633. The van der Waals surface area contributed by atoms with Crippen molar-refractivity contribution < 1.29 is 4.79 Å². The minimum Gasteiger partial charge on any atom is -0.349 e. The fourth-order valence-electron chi connectivity index (χ4n) is 2.95. The van der Waals surface area contributed by atoms with E-state index in [1.54, 1.807) is 0 Å². The summed E-state index contributed by atoms with van der Waals surface area (Å²) in [6.45, 7) is 11.2. The standard InChI is InChI=1S/C15H25N3O/c1-5-18-11(3)8-13(12(18)4)15(19)17-14-9-16-7-6-10(14)2/h8,10,14,16H,5-7,9H2,1-4H3,(H,17,19). The molecule has 4 heteroatoms. The van der Waals surface area contributed by atoms with Gasteiger partial charge < -0.3 is 15.2 Å². The first-order valence-electron chi connectivity index (χ1n) is 7.22. The second-order valence-electron chi connectivity index (χ2n) is 5.58. The maximum Gasteiger partial charge on any atom is 0.253 e. The van der Waals surface area contributed by atoms with Crippen LogP contribution in [0, 0.1) is 19.8 Å². The third kappa shape index (κ3) is 2.84. The molecule has 0 spiro atoms. The summed E-state index contributed by atoms with van der Waals surface area (Å²) in [5, 5.41) is 6.52. The lowest BCUT2D eigenvalue weighted by Crippen LogP contribution is -2.50. The molecule has 1 saturated heterocycles. The second-order valence-corrected chi connectivity index (χ2v) is 5.58. The molecule has 19 heavy (non-hydrogen) atoms. The van der Waals surface area contributed by atoms with Crippen molar-refractivity contribution in [1.82, 2.24) is 15.2 Å². The van der Waals surface area contributed by atoms with Crippen molar-refractivity contribution in [3.8, 4) is 0 Å². The first-order chi connectivity index (χ1) is 9.04. The van der Waals surface area contributed by atoms with Gasteiger partial charge in [-0.1, -0.05) is 6.92 Å². The molecule has 2 N–H and O–H groups in total. The van der Waals surface area contributed by atoms with Crippen LogP contribution in [0.3, 0.4) is 0 Å². The molecule has 0 radical (unpaired) electrons. The first kappa shape index (κ1) is 14.1. The maximum absolute atomic E-state index is 12.4. The Balaban J connectivity index is 2.11. The van der Waals surface area contributed by atoms with Crippen molar-refractivity contribution in [2.45, 2.75) is 46.7 Å². The van der Waals surface area contributed by atoms with Gasteiger partial charge in [-0.15, -0.1) is 0 Å². The van der Waals surface area contributed by atoms with Crippen LogP contribution in [0.5, 0.6) is 0 Å². The Labute approximate surface area is 115 Å². The van der Waals surface area contributed by atoms with Crippen LogP contribution in [0.25, 0.3) is 0 Å². The van der Waals surface area contributed by atoms with Crippen LogP contribution >= 0.6 is 0 Å². The molecule has 0 aromatic carbocycles. The SMILES string of the molecule is CCn1c(C)cc(C(=O)NC2CNCCC2C)c1C. The van der Waals surface area contributed by atoms with Gasteiger partial charge in [-0.3, -0.25) is 4.79 Å². The number of aromatic nitrogens is 1. The van der Waals surface area contributed by atoms with E-state index in [-0.39, 0.29) is 11.9 Å². The third-order valence-corrected chi connectivity index (χ3v) is 4.28. The Kier molecular flexibility index (Phi) is 4.30. The van der Waals surface area contributed by atoms with Gasteiger partial charge in [0.2, 0.25) is 0 Å². The van der Waals surface area contributed by atoms with Gasteiger partial charge in [0.15, 0.2) is 0 Å². The van der Waals surface area contributed by atoms with Gasteiger partial charge in [0.1, 0.15) is 0 Å². The Bertz CT molecular complexity index is 464. The fourth-order valence-corrected chi connectivity index (χ4v) is 2.95. The molecule has 0 aliphatic carbocycles. The molecule has 2 rings (SSSR count). The van der Waals surface area contributed by atoms with Crippen LogP contribution in [-0.4, -0.2) is 29.6 Å². The highest BCUT2D eigenvalue weighted by Crippen LogP contribution is 2.17. The quantitative estimate of drug-likeness (QED) is 0.874. The smallest absolute Gasteiger partial charge is 0.253 e. The number of rotatable bonds is 3. The van der Waals surface area contributed by atoms with E-state index in [0.29, 0.717) is 5.92 Å². The van der Waals surface area contributed by atoms with Crippen molar-refractivity contribution in [2.75, 3.05) is 13.1 Å². The normalized spacial score (nSPS) is 23.4. The van der Waals surface area contributed by atoms with Crippen molar-refractivity contribution in [2.24, 2.45) is 5.92 Å².